The summed E-state index contributed by atoms with van der Waals surface area (Å²) in [4.78, 5) is 4.10. The molecule has 2 aliphatic rings. The fraction of sp³-hybridized carbons (Fsp3) is 0.391. The maximum atomic E-state index is 2.67. The summed E-state index contributed by atoms with van der Waals surface area (Å²) in [5.41, 5.74) is 7.65. The molecule has 5 heterocycles. The van der Waals surface area contributed by atoms with Crippen molar-refractivity contribution in [2.75, 3.05) is 18.0 Å². The second-order valence-electron chi connectivity index (χ2n) is 8.63. The Morgan fingerprint density at radius 3 is 2.30 bits per heavy atom. The number of anilines is 1. The van der Waals surface area contributed by atoms with Crippen molar-refractivity contribution < 1.29 is 0 Å². The first kappa shape index (κ1) is 16.6. The highest BCUT2D eigenvalue weighted by molar-refractivity contribution is 7.38. The molecule has 1 nitrogen and oxygen atoms in total. The third kappa shape index (κ3) is 2.46. The fourth-order valence-corrected chi connectivity index (χ4v) is 9.14. The van der Waals surface area contributed by atoms with Crippen LogP contribution in [0.3, 0.4) is 0 Å². The highest BCUT2D eigenvalue weighted by Crippen LogP contribution is 2.48. The Bertz CT molecular complexity index is 1160. The standard InChI is InChI=1S/C23H23NS3/c1-12-4-16-7-15(8-17-5-13(2)10-24(9-12)20(16)17)18-11-25-23-21(18)27-19-6-14(3)26-22(19)23/h6-8,11-13H,4-5,9-10H2,1-3H3. The van der Waals surface area contributed by atoms with Gasteiger partial charge in [0.05, 0.1) is 14.1 Å². The minimum Gasteiger partial charge on any atom is -0.371 e. The normalized spacial score (nSPS) is 22.0. The Hall–Kier alpha value is -1.36. The van der Waals surface area contributed by atoms with E-state index >= 15 is 0 Å². The number of hydrogen-bond donors (Lipinski definition) is 0. The predicted octanol–water partition coefficient (Wildman–Crippen LogP) is 7.34. The first-order valence-corrected chi connectivity index (χ1v) is 12.4. The molecule has 0 fully saturated rings. The van der Waals surface area contributed by atoms with Gasteiger partial charge in [0.25, 0.3) is 0 Å². The lowest BCUT2D eigenvalue weighted by atomic mass is 9.83. The Morgan fingerprint density at radius 1 is 0.889 bits per heavy atom. The lowest BCUT2D eigenvalue weighted by molar-refractivity contribution is 0.463. The molecule has 27 heavy (non-hydrogen) atoms. The van der Waals surface area contributed by atoms with Gasteiger partial charge in [-0.1, -0.05) is 13.8 Å². The van der Waals surface area contributed by atoms with Gasteiger partial charge < -0.3 is 4.90 Å². The van der Waals surface area contributed by atoms with Gasteiger partial charge in [-0.15, -0.1) is 34.0 Å². The number of fused-ring (bicyclic) bond motifs is 3. The molecule has 2 aliphatic heterocycles. The van der Waals surface area contributed by atoms with Crippen molar-refractivity contribution in [1.29, 1.82) is 0 Å². The molecule has 0 saturated heterocycles. The Balaban J connectivity index is 1.56. The van der Waals surface area contributed by atoms with Crippen LogP contribution in [-0.2, 0) is 12.8 Å². The van der Waals surface area contributed by atoms with Gasteiger partial charge in [-0.05, 0) is 66.5 Å². The van der Waals surface area contributed by atoms with Crippen LogP contribution in [-0.4, -0.2) is 13.1 Å². The zero-order valence-electron chi connectivity index (χ0n) is 16.0. The van der Waals surface area contributed by atoms with E-state index < -0.39 is 0 Å². The highest BCUT2D eigenvalue weighted by Gasteiger charge is 2.30. The first-order chi connectivity index (χ1) is 13.1. The molecular weight excluding hydrogens is 386 g/mol. The average molecular weight is 410 g/mol. The average Bonchev–Trinajstić information content (AvgIpc) is 3.24. The van der Waals surface area contributed by atoms with Crippen molar-refractivity contribution in [3.05, 3.63) is 39.6 Å². The molecule has 0 N–H and O–H groups in total. The highest BCUT2D eigenvalue weighted by atomic mass is 32.1. The quantitative estimate of drug-likeness (QED) is 0.318. The molecule has 4 heteroatoms. The molecule has 2 unspecified atom stereocenters. The van der Waals surface area contributed by atoms with Gasteiger partial charge in [0.2, 0.25) is 0 Å². The molecule has 3 aromatic heterocycles. The van der Waals surface area contributed by atoms with Gasteiger partial charge in [0.15, 0.2) is 0 Å². The molecule has 2 atom stereocenters. The number of benzene rings is 1. The van der Waals surface area contributed by atoms with E-state index in [0.717, 1.165) is 11.8 Å². The summed E-state index contributed by atoms with van der Waals surface area (Å²) in [5.74, 6) is 1.51. The third-order valence-corrected chi connectivity index (χ3v) is 9.70. The summed E-state index contributed by atoms with van der Waals surface area (Å²) in [7, 11) is 0. The van der Waals surface area contributed by atoms with Gasteiger partial charge >= 0.3 is 0 Å². The molecule has 4 aromatic rings. The van der Waals surface area contributed by atoms with Crippen molar-refractivity contribution in [2.24, 2.45) is 11.8 Å². The largest absolute Gasteiger partial charge is 0.371 e. The second kappa shape index (κ2) is 5.82. The first-order valence-electron chi connectivity index (χ1n) is 9.88. The number of aryl methyl sites for hydroxylation is 1. The van der Waals surface area contributed by atoms with Gasteiger partial charge in [0, 0.05) is 39.3 Å². The van der Waals surface area contributed by atoms with Crippen LogP contribution in [0.15, 0.2) is 23.6 Å². The number of thiophene rings is 3. The van der Waals surface area contributed by atoms with E-state index in [4.69, 9.17) is 0 Å². The summed E-state index contributed by atoms with van der Waals surface area (Å²) in [6, 6.07) is 7.38. The van der Waals surface area contributed by atoms with E-state index in [9.17, 15) is 0 Å². The molecule has 0 saturated carbocycles. The second-order valence-corrected chi connectivity index (χ2v) is 11.8. The molecular formula is C23H23NS3. The van der Waals surface area contributed by atoms with Crippen molar-refractivity contribution in [1.82, 2.24) is 0 Å². The van der Waals surface area contributed by atoms with Crippen LogP contribution in [0.5, 0.6) is 0 Å². The summed E-state index contributed by atoms with van der Waals surface area (Å²) in [6.07, 6.45) is 2.46. The zero-order valence-corrected chi connectivity index (χ0v) is 18.4. The number of nitrogens with zero attached hydrogens (tertiary/aromatic N) is 1. The molecule has 0 spiro atoms. The molecule has 0 aliphatic carbocycles. The molecule has 1 aromatic carbocycles. The van der Waals surface area contributed by atoms with E-state index in [1.807, 2.05) is 34.0 Å². The van der Waals surface area contributed by atoms with E-state index in [-0.39, 0.29) is 0 Å². The minimum absolute atomic E-state index is 0.753. The summed E-state index contributed by atoms with van der Waals surface area (Å²) >= 11 is 5.87. The van der Waals surface area contributed by atoms with Crippen molar-refractivity contribution in [3.8, 4) is 11.1 Å². The zero-order chi connectivity index (χ0) is 18.3. The minimum atomic E-state index is 0.753. The molecule has 0 bridgehead atoms. The van der Waals surface area contributed by atoms with Gasteiger partial charge in [-0.3, -0.25) is 0 Å². The Morgan fingerprint density at radius 2 is 1.59 bits per heavy atom. The number of hydrogen-bond acceptors (Lipinski definition) is 4. The molecule has 6 rings (SSSR count). The van der Waals surface area contributed by atoms with Crippen LogP contribution in [0, 0.1) is 18.8 Å². The smallest absolute Gasteiger partial charge is 0.0635 e. The Kier molecular flexibility index (Phi) is 3.57. The fourth-order valence-electron chi connectivity index (χ4n) is 5.16. The van der Waals surface area contributed by atoms with Crippen LogP contribution in [0.2, 0.25) is 0 Å². The lowest BCUT2D eigenvalue weighted by Crippen LogP contribution is -2.41. The Labute approximate surface area is 172 Å². The van der Waals surface area contributed by atoms with Crippen molar-refractivity contribution >= 4 is 58.5 Å². The molecule has 0 amide bonds. The van der Waals surface area contributed by atoms with Crippen LogP contribution >= 0.6 is 34.0 Å². The summed E-state index contributed by atoms with van der Waals surface area (Å²) in [6.45, 7) is 9.50. The molecule has 138 valence electrons. The van der Waals surface area contributed by atoms with Gasteiger partial charge in [-0.25, -0.2) is 0 Å². The lowest BCUT2D eigenvalue weighted by Gasteiger charge is -2.42. The maximum Gasteiger partial charge on any atom is 0.0635 e. The monoisotopic (exact) mass is 409 g/mol. The topological polar surface area (TPSA) is 3.24 Å². The third-order valence-electron chi connectivity index (χ3n) is 6.08. The van der Waals surface area contributed by atoms with Crippen LogP contribution in [0.1, 0.15) is 29.9 Å². The van der Waals surface area contributed by atoms with E-state index in [1.165, 1.54) is 60.7 Å². The van der Waals surface area contributed by atoms with E-state index in [2.05, 4.69) is 49.3 Å². The van der Waals surface area contributed by atoms with Gasteiger partial charge in [-0.2, -0.15) is 0 Å². The van der Waals surface area contributed by atoms with Crippen LogP contribution in [0.25, 0.3) is 29.9 Å². The maximum absolute atomic E-state index is 2.67. The van der Waals surface area contributed by atoms with E-state index in [0.29, 0.717) is 0 Å². The summed E-state index contributed by atoms with van der Waals surface area (Å²) < 4.78 is 5.96. The summed E-state index contributed by atoms with van der Waals surface area (Å²) in [5, 5.41) is 2.40. The SMILES string of the molecule is Cc1cc2sc3c(-c4cc5c6c(c4)CC(C)CN6CC(C)C5)csc3c2s1. The van der Waals surface area contributed by atoms with Crippen LogP contribution in [0.4, 0.5) is 5.69 Å². The molecule has 0 radical (unpaired) electrons. The van der Waals surface area contributed by atoms with E-state index in [1.54, 1.807) is 16.8 Å². The number of rotatable bonds is 1. The van der Waals surface area contributed by atoms with Crippen molar-refractivity contribution in [3.63, 3.8) is 0 Å². The van der Waals surface area contributed by atoms with Gasteiger partial charge in [0.1, 0.15) is 0 Å². The van der Waals surface area contributed by atoms with Crippen molar-refractivity contribution in [2.45, 2.75) is 33.6 Å². The predicted molar refractivity (Wildman–Crippen MR) is 123 cm³/mol. The van der Waals surface area contributed by atoms with Crippen LogP contribution < -0.4 is 4.90 Å².